The summed E-state index contributed by atoms with van der Waals surface area (Å²) in [6.07, 6.45) is 20.5. The first-order chi connectivity index (χ1) is 12.6. The summed E-state index contributed by atoms with van der Waals surface area (Å²) in [6, 6.07) is 0. The monoisotopic (exact) mass is 351 g/mol. The maximum Gasteiger partial charge on any atom is 0.0979 e. The molecule has 1 heterocycles. The molecule has 3 fully saturated rings. The van der Waals surface area contributed by atoms with Crippen molar-refractivity contribution in [2.75, 3.05) is 6.61 Å². The molecule has 2 spiro atoms. The molecule has 6 rings (SSSR count). The Hall–Kier alpha value is -1.35. The largest absolute Gasteiger partial charge is 0.411 e. The number of rotatable bonds is 0. The third-order valence-corrected chi connectivity index (χ3v) is 9.26. The van der Waals surface area contributed by atoms with Crippen LogP contribution in [0.3, 0.4) is 0 Å². The highest BCUT2D eigenvalue weighted by molar-refractivity contribution is 5.96. The van der Waals surface area contributed by atoms with Crippen molar-refractivity contribution < 1.29 is 9.94 Å². The molecular formula is C23H29NO2. The fourth-order valence-corrected chi connectivity index (χ4v) is 7.94. The van der Waals surface area contributed by atoms with Gasteiger partial charge < -0.3 is 9.94 Å². The Morgan fingerprint density at radius 2 is 2.12 bits per heavy atom. The van der Waals surface area contributed by atoms with Crippen LogP contribution in [0, 0.1) is 34.5 Å². The zero-order valence-electron chi connectivity index (χ0n) is 15.7. The summed E-state index contributed by atoms with van der Waals surface area (Å²) >= 11 is 0. The first-order valence-electron chi connectivity index (χ1n) is 10.5. The van der Waals surface area contributed by atoms with Gasteiger partial charge in [-0.15, -0.1) is 0 Å². The Morgan fingerprint density at radius 1 is 1.23 bits per heavy atom. The van der Waals surface area contributed by atoms with Gasteiger partial charge in [0.1, 0.15) is 0 Å². The minimum absolute atomic E-state index is 0.0167. The zero-order valence-corrected chi connectivity index (χ0v) is 15.7. The summed E-state index contributed by atoms with van der Waals surface area (Å²) in [5, 5.41) is 12.6. The van der Waals surface area contributed by atoms with E-state index in [9.17, 15) is 0 Å². The van der Waals surface area contributed by atoms with Crippen molar-refractivity contribution in [1.29, 1.82) is 0 Å². The standard InChI is InChI=1S/C23H29NO2/c1-21-9-7-18-17-6-4-16(24-25)13-15(17)3-5-19(18)20(21)14-22(10-11-22)23(21)8-2-12-26-23/h2-3,5,8,13,17-20,25H,4,6-7,9-12,14H2,1H3/b24-16+/t17-,18?,19?,20?,21-,23+/m0/s1. The number of hydrogen-bond acceptors (Lipinski definition) is 3. The fourth-order valence-electron chi connectivity index (χ4n) is 7.94. The van der Waals surface area contributed by atoms with Crippen molar-refractivity contribution in [1.82, 2.24) is 0 Å². The lowest BCUT2D eigenvalue weighted by Crippen LogP contribution is -2.53. The van der Waals surface area contributed by atoms with E-state index >= 15 is 0 Å². The van der Waals surface area contributed by atoms with Crippen LogP contribution in [0.2, 0.25) is 0 Å². The number of fused-ring (bicyclic) bond motifs is 7. The molecule has 5 aliphatic carbocycles. The molecule has 3 saturated carbocycles. The van der Waals surface area contributed by atoms with Gasteiger partial charge >= 0.3 is 0 Å². The van der Waals surface area contributed by atoms with E-state index in [1.807, 2.05) is 0 Å². The molecule has 0 aromatic rings. The van der Waals surface area contributed by atoms with Crippen molar-refractivity contribution in [3.05, 3.63) is 36.0 Å². The second-order valence-electron chi connectivity index (χ2n) is 9.98. The van der Waals surface area contributed by atoms with E-state index < -0.39 is 0 Å². The molecule has 3 unspecified atom stereocenters. The first kappa shape index (κ1) is 15.7. The number of oxime groups is 1. The second-order valence-corrected chi connectivity index (χ2v) is 9.98. The summed E-state index contributed by atoms with van der Waals surface area (Å²) in [5.74, 6) is 2.86. The van der Waals surface area contributed by atoms with E-state index in [0.717, 1.165) is 37.0 Å². The van der Waals surface area contributed by atoms with Gasteiger partial charge in [0.15, 0.2) is 0 Å². The quantitative estimate of drug-likeness (QED) is 0.384. The molecule has 6 aliphatic rings. The minimum Gasteiger partial charge on any atom is -0.411 e. The maximum absolute atomic E-state index is 9.15. The summed E-state index contributed by atoms with van der Waals surface area (Å²) in [4.78, 5) is 0. The predicted octanol–water partition coefficient (Wildman–Crippen LogP) is 4.88. The van der Waals surface area contributed by atoms with Crippen LogP contribution in [0.4, 0.5) is 0 Å². The summed E-state index contributed by atoms with van der Waals surface area (Å²) < 4.78 is 6.58. The van der Waals surface area contributed by atoms with E-state index in [2.05, 4.69) is 42.5 Å². The molecule has 0 radical (unpaired) electrons. The summed E-state index contributed by atoms with van der Waals surface area (Å²) in [6.45, 7) is 3.36. The molecule has 0 aromatic carbocycles. The van der Waals surface area contributed by atoms with Gasteiger partial charge in [-0.25, -0.2) is 0 Å². The highest BCUT2D eigenvalue weighted by Crippen LogP contribution is 2.78. The number of nitrogens with zero attached hydrogens (tertiary/aromatic N) is 1. The van der Waals surface area contributed by atoms with Gasteiger partial charge in [0, 0.05) is 10.8 Å². The van der Waals surface area contributed by atoms with E-state index in [4.69, 9.17) is 9.94 Å². The number of allylic oxidation sites excluding steroid dienone is 4. The molecule has 0 bridgehead atoms. The Labute approximate surface area is 155 Å². The molecule has 3 nitrogen and oxygen atoms in total. The highest BCUT2D eigenvalue weighted by atomic mass is 16.5. The van der Waals surface area contributed by atoms with Gasteiger partial charge in [0.05, 0.1) is 17.9 Å². The van der Waals surface area contributed by atoms with Crippen LogP contribution < -0.4 is 0 Å². The zero-order chi connectivity index (χ0) is 17.6. The van der Waals surface area contributed by atoms with E-state index in [1.54, 1.807) is 0 Å². The van der Waals surface area contributed by atoms with Gasteiger partial charge in [-0.1, -0.05) is 36.4 Å². The van der Waals surface area contributed by atoms with Gasteiger partial charge in [0.2, 0.25) is 0 Å². The normalized spacial score (nSPS) is 51.4. The summed E-state index contributed by atoms with van der Waals surface area (Å²) in [5.41, 5.74) is 2.99. The average Bonchev–Trinajstić information content (AvgIpc) is 3.20. The minimum atomic E-state index is 0.0167. The van der Waals surface area contributed by atoms with Gasteiger partial charge in [-0.3, -0.25) is 0 Å². The molecule has 1 N–H and O–H groups in total. The fraction of sp³-hybridized carbons (Fsp3) is 0.696. The molecule has 3 heteroatoms. The SMILES string of the molecule is C[C@]12CCC3C(C=CC4=C/C(=N/O)CC[C@@H]43)C1CC1(CC1)[C@@]21C=CCO1. The second kappa shape index (κ2) is 4.92. The van der Waals surface area contributed by atoms with Crippen LogP contribution in [0.25, 0.3) is 0 Å². The van der Waals surface area contributed by atoms with Crippen LogP contribution in [-0.2, 0) is 4.74 Å². The lowest BCUT2D eigenvalue weighted by atomic mass is 9.52. The molecule has 26 heavy (non-hydrogen) atoms. The molecule has 0 aromatic heterocycles. The first-order valence-corrected chi connectivity index (χ1v) is 10.5. The van der Waals surface area contributed by atoms with Gasteiger partial charge in [-0.05, 0) is 80.3 Å². The van der Waals surface area contributed by atoms with Crippen LogP contribution in [0.15, 0.2) is 41.1 Å². The van der Waals surface area contributed by atoms with Gasteiger partial charge in [-0.2, -0.15) is 0 Å². The Morgan fingerprint density at radius 3 is 2.85 bits per heavy atom. The van der Waals surface area contributed by atoms with Crippen LogP contribution in [0.1, 0.15) is 51.9 Å². The Balaban J connectivity index is 1.41. The highest BCUT2D eigenvalue weighted by Gasteiger charge is 2.76. The topological polar surface area (TPSA) is 41.8 Å². The molecule has 6 atom stereocenters. The predicted molar refractivity (Wildman–Crippen MR) is 101 cm³/mol. The molecule has 0 amide bonds. The lowest BCUT2D eigenvalue weighted by Gasteiger charge is -2.54. The molecular weight excluding hydrogens is 322 g/mol. The van der Waals surface area contributed by atoms with Crippen molar-refractivity contribution in [2.24, 2.45) is 39.7 Å². The molecule has 1 aliphatic heterocycles. The molecule has 138 valence electrons. The average molecular weight is 351 g/mol. The molecule has 0 saturated heterocycles. The lowest BCUT2D eigenvalue weighted by molar-refractivity contribution is -0.121. The van der Waals surface area contributed by atoms with Crippen molar-refractivity contribution in [3.8, 4) is 0 Å². The smallest absolute Gasteiger partial charge is 0.0979 e. The maximum atomic E-state index is 9.15. The van der Waals surface area contributed by atoms with Crippen molar-refractivity contribution in [3.63, 3.8) is 0 Å². The van der Waals surface area contributed by atoms with Crippen LogP contribution >= 0.6 is 0 Å². The van der Waals surface area contributed by atoms with E-state index in [-0.39, 0.29) is 11.0 Å². The van der Waals surface area contributed by atoms with Crippen LogP contribution in [-0.4, -0.2) is 23.1 Å². The van der Waals surface area contributed by atoms with E-state index in [1.165, 1.54) is 37.7 Å². The van der Waals surface area contributed by atoms with E-state index in [0.29, 0.717) is 17.3 Å². The van der Waals surface area contributed by atoms with Crippen LogP contribution in [0.5, 0.6) is 0 Å². The Bertz CT molecular complexity index is 773. The number of ether oxygens (including phenoxy) is 1. The van der Waals surface area contributed by atoms with Crippen molar-refractivity contribution in [2.45, 2.75) is 57.5 Å². The third kappa shape index (κ3) is 1.67. The van der Waals surface area contributed by atoms with Crippen molar-refractivity contribution >= 4 is 5.71 Å². The Kier molecular flexibility index (Phi) is 2.97. The summed E-state index contributed by atoms with van der Waals surface area (Å²) in [7, 11) is 0. The van der Waals surface area contributed by atoms with Gasteiger partial charge in [0.25, 0.3) is 0 Å². The number of hydrogen-bond donors (Lipinski definition) is 1. The third-order valence-electron chi connectivity index (χ3n) is 9.26.